The van der Waals surface area contributed by atoms with Crippen LogP contribution in [0.4, 0.5) is 10.1 Å². The quantitative estimate of drug-likeness (QED) is 0.891. The van der Waals surface area contributed by atoms with Crippen molar-refractivity contribution in [2.45, 2.75) is 26.3 Å². The molecule has 0 radical (unpaired) electrons. The van der Waals surface area contributed by atoms with Crippen LogP contribution >= 0.6 is 0 Å². The van der Waals surface area contributed by atoms with Crippen LogP contribution in [0.3, 0.4) is 0 Å². The molecule has 122 valence electrons. The van der Waals surface area contributed by atoms with Crippen molar-refractivity contribution in [2.24, 2.45) is 0 Å². The van der Waals surface area contributed by atoms with Crippen molar-refractivity contribution in [3.05, 3.63) is 29.6 Å². The van der Waals surface area contributed by atoms with Crippen LogP contribution in [-0.2, 0) is 14.6 Å². The number of hydrogen-bond donors (Lipinski definition) is 1. The molecule has 1 aliphatic heterocycles. The van der Waals surface area contributed by atoms with E-state index >= 15 is 0 Å². The zero-order valence-electron chi connectivity index (χ0n) is 12.8. The number of anilines is 1. The molecule has 0 spiro atoms. The molecule has 1 heterocycles. The van der Waals surface area contributed by atoms with E-state index < -0.39 is 9.84 Å². The molecule has 1 atom stereocenters. The molecule has 1 amide bonds. The van der Waals surface area contributed by atoms with E-state index in [0.717, 1.165) is 5.56 Å². The van der Waals surface area contributed by atoms with Crippen molar-refractivity contribution in [3.63, 3.8) is 0 Å². The number of likely N-dealkylation sites (N-methyl/N-ethyl adjacent to an activating group) is 1. The Labute approximate surface area is 130 Å². The number of benzene rings is 1. The van der Waals surface area contributed by atoms with Crippen molar-refractivity contribution in [1.29, 1.82) is 0 Å². The molecule has 0 saturated carbocycles. The molecule has 2 rings (SSSR count). The van der Waals surface area contributed by atoms with E-state index in [1.165, 1.54) is 12.1 Å². The number of hydrogen-bond acceptors (Lipinski definition) is 4. The van der Waals surface area contributed by atoms with Gasteiger partial charge in [-0.05, 0) is 38.0 Å². The van der Waals surface area contributed by atoms with Crippen LogP contribution in [0.5, 0.6) is 0 Å². The first-order valence-corrected chi connectivity index (χ1v) is 9.14. The van der Waals surface area contributed by atoms with Gasteiger partial charge in [-0.3, -0.25) is 4.79 Å². The van der Waals surface area contributed by atoms with Crippen LogP contribution in [0.2, 0.25) is 0 Å². The van der Waals surface area contributed by atoms with E-state index in [-0.39, 0.29) is 35.8 Å². The largest absolute Gasteiger partial charge is 0.376 e. The lowest BCUT2D eigenvalue weighted by Gasteiger charge is -2.27. The third kappa shape index (κ3) is 3.97. The number of nitrogens with zero attached hydrogens (tertiary/aromatic N) is 1. The van der Waals surface area contributed by atoms with E-state index in [1.54, 1.807) is 11.0 Å². The number of aryl methyl sites for hydroxylation is 1. The summed E-state index contributed by atoms with van der Waals surface area (Å²) >= 11 is 0. The maximum Gasteiger partial charge on any atom is 0.242 e. The fourth-order valence-corrected chi connectivity index (χ4v) is 4.45. The maximum absolute atomic E-state index is 13.2. The molecule has 0 aliphatic carbocycles. The highest BCUT2D eigenvalue weighted by Crippen LogP contribution is 2.19. The maximum atomic E-state index is 13.2. The van der Waals surface area contributed by atoms with Gasteiger partial charge in [-0.1, -0.05) is 6.07 Å². The molecule has 0 aromatic heterocycles. The van der Waals surface area contributed by atoms with E-state index in [2.05, 4.69) is 5.32 Å². The zero-order valence-corrected chi connectivity index (χ0v) is 13.6. The molecule has 1 N–H and O–H groups in total. The van der Waals surface area contributed by atoms with Crippen LogP contribution in [0.15, 0.2) is 18.2 Å². The number of carbonyl (C=O) groups excluding carboxylic acids is 1. The number of amides is 1. The number of sulfone groups is 1. The third-order valence-corrected chi connectivity index (χ3v) is 5.69. The van der Waals surface area contributed by atoms with Crippen molar-refractivity contribution >= 4 is 21.4 Å². The Morgan fingerprint density at radius 3 is 2.77 bits per heavy atom. The minimum Gasteiger partial charge on any atom is -0.376 e. The van der Waals surface area contributed by atoms with Gasteiger partial charge in [-0.15, -0.1) is 0 Å². The summed E-state index contributed by atoms with van der Waals surface area (Å²) in [6, 6.07) is 4.10. The van der Waals surface area contributed by atoms with Gasteiger partial charge in [0.1, 0.15) is 5.82 Å². The van der Waals surface area contributed by atoms with Crippen molar-refractivity contribution in [3.8, 4) is 0 Å². The molecular weight excluding hydrogens is 307 g/mol. The van der Waals surface area contributed by atoms with Gasteiger partial charge >= 0.3 is 0 Å². The van der Waals surface area contributed by atoms with Gasteiger partial charge < -0.3 is 10.2 Å². The molecule has 7 heteroatoms. The van der Waals surface area contributed by atoms with Crippen molar-refractivity contribution < 1.29 is 17.6 Å². The first-order chi connectivity index (χ1) is 10.3. The van der Waals surface area contributed by atoms with E-state index in [0.29, 0.717) is 18.7 Å². The molecule has 1 fully saturated rings. The van der Waals surface area contributed by atoms with Gasteiger partial charge in [0.05, 0.1) is 18.1 Å². The predicted octanol–water partition coefficient (Wildman–Crippen LogP) is 1.58. The standard InChI is InChI=1S/C15H21FN2O3S/c1-3-18(13-6-7-22(20,21)10-13)15(19)9-17-14-8-12(16)5-4-11(14)2/h4-5,8,13,17H,3,6-7,9-10H2,1-2H3/t13-/m0/s1. The number of halogens is 1. The summed E-state index contributed by atoms with van der Waals surface area (Å²) in [6.07, 6.45) is 0.487. The number of rotatable bonds is 5. The smallest absolute Gasteiger partial charge is 0.242 e. The van der Waals surface area contributed by atoms with Crippen LogP contribution in [0.1, 0.15) is 18.9 Å². The molecule has 1 saturated heterocycles. The molecule has 0 unspecified atom stereocenters. The predicted molar refractivity (Wildman–Crippen MR) is 84.1 cm³/mol. The highest BCUT2D eigenvalue weighted by atomic mass is 32.2. The Morgan fingerprint density at radius 2 is 2.18 bits per heavy atom. The molecule has 22 heavy (non-hydrogen) atoms. The molecule has 1 aliphatic rings. The van der Waals surface area contributed by atoms with Gasteiger partial charge in [0.15, 0.2) is 9.84 Å². The molecular formula is C15H21FN2O3S. The van der Waals surface area contributed by atoms with Gasteiger partial charge in [0.2, 0.25) is 5.91 Å². The summed E-state index contributed by atoms with van der Waals surface area (Å²) in [5.41, 5.74) is 1.42. The van der Waals surface area contributed by atoms with Crippen molar-refractivity contribution in [1.82, 2.24) is 4.90 Å². The summed E-state index contributed by atoms with van der Waals surface area (Å²) in [5.74, 6) is -0.369. The second-order valence-electron chi connectivity index (χ2n) is 5.55. The number of nitrogens with one attached hydrogen (secondary N) is 1. The second-order valence-corrected chi connectivity index (χ2v) is 7.78. The Hall–Kier alpha value is -1.63. The molecule has 5 nitrogen and oxygen atoms in total. The lowest BCUT2D eigenvalue weighted by atomic mass is 10.2. The Balaban J connectivity index is 1.99. The lowest BCUT2D eigenvalue weighted by Crippen LogP contribution is -2.43. The van der Waals surface area contributed by atoms with E-state index in [9.17, 15) is 17.6 Å². The Kier molecular flexibility index (Phi) is 5.05. The summed E-state index contributed by atoms with van der Waals surface area (Å²) in [4.78, 5) is 13.9. The van der Waals surface area contributed by atoms with Gasteiger partial charge in [-0.25, -0.2) is 12.8 Å². The highest BCUT2D eigenvalue weighted by molar-refractivity contribution is 7.91. The zero-order chi connectivity index (χ0) is 16.3. The van der Waals surface area contributed by atoms with Crippen LogP contribution in [0.25, 0.3) is 0 Å². The highest BCUT2D eigenvalue weighted by Gasteiger charge is 2.33. The second kappa shape index (κ2) is 6.64. The first-order valence-electron chi connectivity index (χ1n) is 7.32. The Bertz CT molecular complexity index is 661. The molecule has 0 bridgehead atoms. The summed E-state index contributed by atoms with van der Waals surface area (Å²) < 4.78 is 36.3. The Morgan fingerprint density at radius 1 is 1.45 bits per heavy atom. The monoisotopic (exact) mass is 328 g/mol. The normalized spacial score (nSPS) is 19.9. The van der Waals surface area contributed by atoms with Gasteiger partial charge in [0.25, 0.3) is 0 Å². The third-order valence-electron chi connectivity index (χ3n) is 3.94. The van der Waals surface area contributed by atoms with Crippen LogP contribution < -0.4 is 5.32 Å². The minimum atomic E-state index is -3.03. The fourth-order valence-electron chi connectivity index (χ4n) is 2.72. The first kappa shape index (κ1) is 16.7. The minimum absolute atomic E-state index is 0.0225. The SMILES string of the molecule is CCN(C(=O)CNc1cc(F)ccc1C)[C@H]1CCS(=O)(=O)C1. The fraction of sp³-hybridized carbons (Fsp3) is 0.533. The summed E-state index contributed by atoms with van der Waals surface area (Å²) in [7, 11) is -3.03. The summed E-state index contributed by atoms with van der Waals surface area (Å²) in [6.45, 7) is 4.14. The van der Waals surface area contributed by atoms with Crippen LogP contribution in [0, 0.1) is 12.7 Å². The number of carbonyl (C=O) groups is 1. The summed E-state index contributed by atoms with van der Waals surface area (Å²) in [5, 5.41) is 2.93. The van der Waals surface area contributed by atoms with Gasteiger partial charge in [-0.2, -0.15) is 0 Å². The molecule has 1 aromatic rings. The average molecular weight is 328 g/mol. The molecule has 1 aromatic carbocycles. The topological polar surface area (TPSA) is 66.5 Å². The lowest BCUT2D eigenvalue weighted by molar-refractivity contribution is -0.130. The van der Waals surface area contributed by atoms with Crippen molar-refractivity contribution in [2.75, 3.05) is 29.9 Å². The van der Waals surface area contributed by atoms with E-state index in [4.69, 9.17) is 0 Å². The van der Waals surface area contributed by atoms with E-state index in [1.807, 2.05) is 13.8 Å². The van der Waals surface area contributed by atoms with Gasteiger partial charge in [0, 0.05) is 18.3 Å². The van der Waals surface area contributed by atoms with Crippen LogP contribution in [-0.4, -0.2) is 49.9 Å². The average Bonchev–Trinajstić information content (AvgIpc) is 2.80.